The highest BCUT2D eigenvalue weighted by Gasteiger charge is 2.20. The Morgan fingerprint density at radius 2 is 2.04 bits per heavy atom. The molecule has 0 unspecified atom stereocenters. The van der Waals surface area contributed by atoms with E-state index in [4.69, 9.17) is 9.47 Å². The third kappa shape index (κ3) is 3.80. The minimum atomic E-state index is -0.813. The number of esters is 1. The van der Waals surface area contributed by atoms with Crippen molar-refractivity contribution in [2.24, 2.45) is 7.05 Å². The zero-order chi connectivity index (χ0) is 17.9. The van der Waals surface area contributed by atoms with Gasteiger partial charge < -0.3 is 14.0 Å². The summed E-state index contributed by atoms with van der Waals surface area (Å²) in [6.45, 7) is -0.476. The van der Waals surface area contributed by atoms with Gasteiger partial charge in [-0.25, -0.2) is 4.79 Å². The van der Waals surface area contributed by atoms with Gasteiger partial charge in [-0.1, -0.05) is 0 Å². The first-order valence-electron chi connectivity index (χ1n) is 6.68. The number of hydrogen-bond donors (Lipinski definition) is 0. The van der Waals surface area contributed by atoms with E-state index in [9.17, 15) is 19.7 Å². The Hall–Kier alpha value is -2.68. The minimum Gasteiger partial charge on any atom is -0.496 e. The number of Topliss-reactive ketones (excluding diaryl/α,β-unsaturated/α-hetero) is 1. The van der Waals surface area contributed by atoms with Crippen molar-refractivity contribution in [2.45, 2.75) is 0 Å². The lowest BCUT2D eigenvalue weighted by molar-refractivity contribution is -0.384. The zero-order valence-corrected chi connectivity index (χ0v) is 14.4. The predicted octanol–water partition coefficient (Wildman–Crippen LogP) is 2.74. The summed E-state index contributed by atoms with van der Waals surface area (Å²) >= 11 is 3.27. The van der Waals surface area contributed by atoms with Gasteiger partial charge >= 0.3 is 5.97 Å². The van der Waals surface area contributed by atoms with E-state index in [1.165, 1.54) is 24.9 Å². The molecule has 0 aliphatic carbocycles. The molecule has 24 heavy (non-hydrogen) atoms. The average molecular weight is 397 g/mol. The second kappa shape index (κ2) is 7.26. The van der Waals surface area contributed by atoms with Crippen LogP contribution in [0.2, 0.25) is 0 Å². The van der Waals surface area contributed by atoms with Crippen LogP contribution >= 0.6 is 15.9 Å². The number of benzene rings is 1. The standard InChI is InChI=1S/C15H13BrN2O6/c1-17-7-10(18(21)22)6-12(17)15(20)24-8-13(19)9-3-4-14(23-2)11(16)5-9/h3-7H,8H2,1-2H3. The molecule has 0 amide bonds. The van der Waals surface area contributed by atoms with Gasteiger partial charge in [0, 0.05) is 18.7 Å². The Bertz CT molecular complexity index is 814. The van der Waals surface area contributed by atoms with E-state index in [0.29, 0.717) is 15.8 Å². The van der Waals surface area contributed by atoms with Gasteiger partial charge in [-0.15, -0.1) is 0 Å². The summed E-state index contributed by atoms with van der Waals surface area (Å²) in [5.74, 6) is -0.651. The van der Waals surface area contributed by atoms with Gasteiger partial charge in [0.2, 0.25) is 0 Å². The molecule has 126 valence electrons. The molecule has 0 atom stereocenters. The normalized spacial score (nSPS) is 10.3. The molecule has 0 N–H and O–H groups in total. The van der Waals surface area contributed by atoms with Gasteiger partial charge in [-0.05, 0) is 34.1 Å². The van der Waals surface area contributed by atoms with Crippen molar-refractivity contribution in [2.75, 3.05) is 13.7 Å². The first kappa shape index (κ1) is 17.7. The maximum atomic E-state index is 12.1. The summed E-state index contributed by atoms with van der Waals surface area (Å²) in [5.41, 5.74) is 0.105. The van der Waals surface area contributed by atoms with E-state index in [-0.39, 0.29) is 11.4 Å². The number of nitrogens with zero attached hydrogens (tertiary/aromatic N) is 2. The van der Waals surface area contributed by atoms with Crippen molar-refractivity contribution in [3.8, 4) is 5.75 Å². The highest BCUT2D eigenvalue weighted by molar-refractivity contribution is 9.10. The van der Waals surface area contributed by atoms with Gasteiger partial charge in [0.1, 0.15) is 11.4 Å². The number of ketones is 1. The molecule has 2 aromatic rings. The second-order valence-corrected chi connectivity index (χ2v) is 5.65. The van der Waals surface area contributed by atoms with Crippen LogP contribution in [0.5, 0.6) is 5.75 Å². The van der Waals surface area contributed by atoms with Crippen LogP contribution in [0, 0.1) is 10.1 Å². The number of nitro groups is 1. The Morgan fingerprint density at radius 1 is 1.33 bits per heavy atom. The fourth-order valence-corrected chi connectivity index (χ4v) is 2.52. The van der Waals surface area contributed by atoms with Crippen molar-refractivity contribution < 1.29 is 24.0 Å². The Kier molecular flexibility index (Phi) is 5.35. The zero-order valence-electron chi connectivity index (χ0n) is 12.8. The second-order valence-electron chi connectivity index (χ2n) is 4.80. The molecule has 0 saturated heterocycles. The number of halogens is 1. The molecule has 1 aromatic carbocycles. The number of aryl methyl sites for hydroxylation is 1. The Morgan fingerprint density at radius 3 is 2.58 bits per heavy atom. The molecule has 8 nitrogen and oxygen atoms in total. The molecule has 1 aromatic heterocycles. The van der Waals surface area contributed by atoms with Crippen LogP contribution in [-0.2, 0) is 11.8 Å². The fraction of sp³-hybridized carbons (Fsp3) is 0.200. The molecule has 0 fully saturated rings. The highest BCUT2D eigenvalue weighted by Crippen LogP contribution is 2.25. The molecule has 0 aliphatic heterocycles. The summed E-state index contributed by atoms with van der Waals surface area (Å²) in [6, 6.07) is 5.81. The number of hydrogen-bond acceptors (Lipinski definition) is 6. The molecule has 0 saturated carbocycles. The lowest BCUT2D eigenvalue weighted by Gasteiger charge is -2.07. The fourth-order valence-electron chi connectivity index (χ4n) is 1.98. The lowest BCUT2D eigenvalue weighted by Crippen LogP contribution is -2.16. The van der Waals surface area contributed by atoms with E-state index in [0.717, 1.165) is 6.07 Å². The smallest absolute Gasteiger partial charge is 0.355 e. The average Bonchev–Trinajstić information content (AvgIpc) is 2.94. The molecule has 2 rings (SSSR count). The lowest BCUT2D eigenvalue weighted by atomic mass is 10.1. The molecule has 0 spiro atoms. The number of methoxy groups -OCH3 is 1. The van der Waals surface area contributed by atoms with Crippen LogP contribution < -0.4 is 4.74 Å². The van der Waals surface area contributed by atoms with Crippen molar-refractivity contribution in [3.63, 3.8) is 0 Å². The van der Waals surface area contributed by atoms with Crippen LogP contribution in [0.4, 0.5) is 5.69 Å². The summed E-state index contributed by atoms with van der Waals surface area (Å²) in [5, 5.41) is 10.7. The predicted molar refractivity (Wildman–Crippen MR) is 87.4 cm³/mol. The van der Waals surface area contributed by atoms with Gasteiger partial charge in [0.25, 0.3) is 5.69 Å². The Balaban J connectivity index is 2.05. The third-order valence-electron chi connectivity index (χ3n) is 3.22. The maximum absolute atomic E-state index is 12.1. The summed E-state index contributed by atoms with van der Waals surface area (Å²) in [4.78, 5) is 34.1. The molecule has 0 aliphatic rings. The molecule has 0 radical (unpaired) electrons. The number of aromatic nitrogens is 1. The number of rotatable bonds is 6. The van der Waals surface area contributed by atoms with Gasteiger partial charge in [0.15, 0.2) is 12.4 Å². The van der Waals surface area contributed by atoms with E-state index in [1.54, 1.807) is 18.2 Å². The SMILES string of the molecule is COc1ccc(C(=O)COC(=O)c2cc([N+](=O)[O-])cn2C)cc1Br. The van der Waals surface area contributed by atoms with E-state index >= 15 is 0 Å². The molecular weight excluding hydrogens is 384 g/mol. The van der Waals surface area contributed by atoms with Gasteiger partial charge in [0.05, 0.1) is 22.7 Å². The van der Waals surface area contributed by atoms with Crippen molar-refractivity contribution in [3.05, 3.63) is 56.3 Å². The summed E-state index contributed by atoms with van der Waals surface area (Å²) < 4.78 is 11.9. The molecule has 1 heterocycles. The van der Waals surface area contributed by atoms with E-state index < -0.39 is 23.3 Å². The van der Waals surface area contributed by atoms with Crippen LogP contribution in [0.25, 0.3) is 0 Å². The Labute approximate surface area is 145 Å². The molecule has 9 heteroatoms. The first-order valence-corrected chi connectivity index (χ1v) is 7.47. The van der Waals surface area contributed by atoms with E-state index in [2.05, 4.69) is 15.9 Å². The highest BCUT2D eigenvalue weighted by atomic mass is 79.9. The number of ether oxygens (including phenoxy) is 2. The molecular formula is C15H13BrN2O6. The van der Waals surface area contributed by atoms with Crippen molar-refractivity contribution in [1.82, 2.24) is 4.57 Å². The monoisotopic (exact) mass is 396 g/mol. The third-order valence-corrected chi connectivity index (χ3v) is 3.84. The van der Waals surface area contributed by atoms with Crippen molar-refractivity contribution in [1.29, 1.82) is 0 Å². The largest absolute Gasteiger partial charge is 0.496 e. The van der Waals surface area contributed by atoms with E-state index in [1.807, 2.05) is 0 Å². The van der Waals surface area contributed by atoms with Crippen LogP contribution in [0.3, 0.4) is 0 Å². The van der Waals surface area contributed by atoms with Crippen LogP contribution in [-0.4, -0.2) is 35.0 Å². The maximum Gasteiger partial charge on any atom is 0.355 e. The topological polar surface area (TPSA) is 101 Å². The van der Waals surface area contributed by atoms with Gasteiger partial charge in [-0.2, -0.15) is 0 Å². The van der Waals surface area contributed by atoms with Crippen LogP contribution in [0.1, 0.15) is 20.8 Å². The van der Waals surface area contributed by atoms with Gasteiger partial charge in [-0.3, -0.25) is 14.9 Å². The van der Waals surface area contributed by atoms with Crippen molar-refractivity contribution >= 4 is 33.4 Å². The minimum absolute atomic E-state index is 0.00888. The number of carbonyl (C=O) groups excluding carboxylic acids is 2. The van der Waals surface area contributed by atoms with Crippen LogP contribution in [0.15, 0.2) is 34.9 Å². The quantitative estimate of drug-likeness (QED) is 0.322. The number of carbonyl (C=O) groups is 2. The molecule has 0 bridgehead atoms. The summed E-state index contributed by atoms with van der Waals surface area (Å²) in [6.07, 6.45) is 1.19. The summed E-state index contributed by atoms with van der Waals surface area (Å²) in [7, 11) is 2.98. The first-order chi connectivity index (χ1) is 11.3.